The molecule has 0 saturated heterocycles. The van der Waals surface area contributed by atoms with Crippen LogP contribution in [0.15, 0.2) is 18.2 Å². The van der Waals surface area contributed by atoms with Crippen LogP contribution in [0.3, 0.4) is 0 Å². The SMILES string of the molecule is COC(=O)C(C)(NCC1CC1)c1cccc(F)c1F. The first kappa shape index (κ1) is 13.9. The topological polar surface area (TPSA) is 38.3 Å². The summed E-state index contributed by atoms with van der Waals surface area (Å²) in [6, 6.07) is 3.81. The summed E-state index contributed by atoms with van der Waals surface area (Å²) in [5.41, 5.74) is -1.40. The normalized spacial score (nSPS) is 17.9. The molecule has 0 bridgehead atoms. The Hall–Kier alpha value is -1.49. The second-order valence-corrected chi connectivity index (χ2v) is 5.04. The van der Waals surface area contributed by atoms with E-state index in [0.717, 1.165) is 18.9 Å². The number of halogens is 2. The fourth-order valence-corrected chi connectivity index (χ4v) is 2.04. The molecule has 1 atom stereocenters. The van der Waals surface area contributed by atoms with Crippen LogP contribution in [0.1, 0.15) is 25.3 Å². The lowest BCUT2D eigenvalue weighted by Crippen LogP contribution is -2.48. The molecule has 1 saturated carbocycles. The number of carbonyl (C=O) groups excluding carboxylic acids is 1. The van der Waals surface area contributed by atoms with Gasteiger partial charge in [0.25, 0.3) is 0 Å². The molecule has 1 N–H and O–H groups in total. The summed E-state index contributed by atoms with van der Waals surface area (Å²) in [6.45, 7) is 2.10. The molecule has 1 aliphatic rings. The summed E-state index contributed by atoms with van der Waals surface area (Å²) in [6.07, 6.45) is 2.19. The van der Waals surface area contributed by atoms with E-state index in [1.165, 1.54) is 26.2 Å². The number of methoxy groups -OCH3 is 1. The first-order valence-corrected chi connectivity index (χ1v) is 6.27. The van der Waals surface area contributed by atoms with Gasteiger partial charge in [0, 0.05) is 5.56 Å². The molecule has 1 aliphatic carbocycles. The predicted molar refractivity (Wildman–Crippen MR) is 66.5 cm³/mol. The largest absolute Gasteiger partial charge is 0.467 e. The first-order valence-electron chi connectivity index (χ1n) is 6.27. The van der Waals surface area contributed by atoms with Crippen molar-refractivity contribution in [3.8, 4) is 0 Å². The molecule has 1 unspecified atom stereocenters. The van der Waals surface area contributed by atoms with Gasteiger partial charge >= 0.3 is 5.97 Å². The van der Waals surface area contributed by atoms with Gasteiger partial charge in [-0.2, -0.15) is 0 Å². The third-order valence-corrected chi connectivity index (χ3v) is 3.53. The Labute approximate surface area is 111 Å². The Morgan fingerprint density at radius 1 is 1.47 bits per heavy atom. The average Bonchev–Trinajstić information content (AvgIpc) is 3.22. The molecule has 3 nitrogen and oxygen atoms in total. The summed E-state index contributed by atoms with van der Waals surface area (Å²) >= 11 is 0. The van der Waals surface area contributed by atoms with Crippen LogP contribution in [-0.2, 0) is 15.1 Å². The van der Waals surface area contributed by atoms with Crippen LogP contribution < -0.4 is 5.32 Å². The van der Waals surface area contributed by atoms with Gasteiger partial charge in [0.15, 0.2) is 11.6 Å². The van der Waals surface area contributed by atoms with E-state index in [-0.39, 0.29) is 5.56 Å². The number of carbonyl (C=O) groups is 1. The summed E-state index contributed by atoms with van der Waals surface area (Å²) in [7, 11) is 1.23. The minimum Gasteiger partial charge on any atom is -0.467 e. The fourth-order valence-electron chi connectivity index (χ4n) is 2.04. The van der Waals surface area contributed by atoms with Gasteiger partial charge in [0.1, 0.15) is 5.54 Å². The molecular formula is C14H17F2NO2. The van der Waals surface area contributed by atoms with Gasteiger partial charge in [-0.1, -0.05) is 12.1 Å². The molecule has 0 aromatic heterocycles. The average molecular weight is 269 g/mol. The molecule has 0 heterocycles. The molecule has 19 heavy (non-hydrogen) atoms. The highest BCUT2D eigenvalue weighted by Gasteiger charge is 2.40. The number of rotatable bonds is 5. The Bertz CT molecular complexity index is 488. The molecule has 1 aromatic carbocycles. The van der Waals surface area contributed by atoms with Gasteiger partial charge in [0.05, 0.1) is 7.11 Å². The molecule has 104 valence electrons. The first-order chi connectivity index (χ1) is 8.99. The van der Waals surface area contributed by atoms with E-state index < -0.39 is 23.1 Å². The van der Waals surface area contributed by atoms with Crippen molar-refractivity contribution in [2.24, 2.45) is 5.92 Å². The van der Waals surface area contributed by atoms with Crippen molar-refractivity contribution in [2.45, 2.75) is 25.3 Å². The maximum absolute atomic E-state index is 13.9. The number of benzene rings is 1. The monoisotopic (exact) mass is 269 g/mol. The standard InChI is InChI=1S/C14H17F2NO2/c1-14(13(18)19-2,17-8-9-6-7-9)10-4-3-5-11(15)12(10)16/h3-5,9,17H,6-8H2,1-2H3. The van der Waals surface area contributed by atoms with Gasteiger partial charge in [-0.3, -0.25) is 5.32 Å². The van der Waals surface area contributed by atoms with E-state index in [1.807, 2.05) is 0 Å². The predicted octanol–water partition coefficient (Wildman–Crippen LogP) is 2.35. The number of hydrogen-bond acceptors (Lipinski definition) is 3. The van der Waals surface area contributed by atoms with Crippen LogP contribution in [0.2, 0.25) is 0 Å². The fraction of sp³-hybridized carbons (Fsp3) is 0.500. The molecule has 0 aliphatic heterocycles. The van der Waals surface area contributed by atoms with Crippen LogP contribution in [0.25, 0.3) is 0 Å². The molecule has 1 fully saturated rings. The van der Waals surface area contributed by atoms with Crippen LogP contribution in [-0.4, -0.2) is 19.6 Å². The Kier molecular flexibility index (Phi) is 3.85. The zero-order valence-corrected chi connectivity index (χ0v) is 11.0. The lowest BCUT2D eigenvalue weighted by Gasteiger charge is -2.29. The minimum absolute atomic E-state index is 0.0278. The zero-order valence-electron chi connectivity index (χ0n) is 11.0. The van der Waals surface area contributed by atoms with E-state index in [2.05, 4.69) is 5.32 Å². The zero-order chi connectivity index (χ0) is 14.0. The Morgan fingerprint density at radius 2 is 2.16 bits per heavy atom. The van der Waals surface area contributed by atoms with Crippen LogP contribution in [0.5, 0.6) is 0 Å². The van der Waals surface area contributed by atoms with Crippen LogP contribution >= 0.6 is 0 Å². The van der Waals surface area contributed by atoms with Crippen LogP contribution in [0, 0.1) is 17.6 Å². The van der Waals surface area contributed by atoms with Gasteiger partial charge in [-0.05, 0) is 38.3 Å². The van der Waals surface area contributed by atoms with Crippen molar-refractivity contribution < 1.29 is 18.3 Å². The van der Waals surface area contributed by atoms with Crippen molar-refractivity contribution in [1.29, 1.82) is 0 Å². The molecule has 2 rings (SSSR count). The third-order valence-electron chi connectivity index (χ3n) is 3.53. The highest BCUT2D eigenvalue weighted by Crippen LogP contribution is 2.31. The number of ether oxygens (including phenoxy) is 1. The van der Waals surface area contributed by atoms with E-state index in [0.29, 0.717) is 12.5 Å². The second kappa shape index (κ2) is 5.25. The molecule has 0 radical (unpaired) electrons. The van der Waals surface area contributed by atoms with Gasteiger partial charge in [0.2, 0.25) is 0 Å². The van der Waals surface area contributed by atoms with Gasteiger partial charge in [-0.15, -0.1) is 0 Å². The van der Waals surface area contributed by atoms with Crippen molar-refractivity contribution in [3.05, 3.63) is 35.4 Å². The molecule has 5 heteroatoms. The van der Waals surface area contributed by atoms with Crippen LogP contribution in [0.4, 0.5) is 8.78 Å². The van der Waals surface area contributed by atoms with Crippen molar-refractivity contribution >= 4 is 5.97 Å². The molecular weight excluding hydrogens is 252 g/mol. The lowest BCUT2D eigenvalue weighted by molar-refractivity contribution is -0.148. The van der Waals surface area contributed by atoms with E-state index in [1.54, 1.807) is 0 Å². The second-order valence-electron chi connectivity index (χ2n) is 5.04. The number of esters is 1. The van der Waals surface area contributed by atoms with Crippen molar-refractivity contribution in [1.82, 2.24) is 5.32 Å². The summed E-state index contributed by atoms with van der Waals surface area (Å²) in [5, 5.41) is 3.01. The summed E-state index contributed by atoms with van der Waals surface area (Å²) in [5.74, 6) is -2.11. The quantitative estimate of drug-likeness (QED) is 0.834. The van der Waals surface area contributed by atoms with E-state index in [9.17, 15) is 13.6 Å². The van der Waals surface area contributed by atoms with Gasteiger partial charge in [-0.25, -0.2) is 13.6 Å². The van der Waals surface area contributed by atoms with Crippen molar-refractivity contribution in [2.75, 3.05) is 13.7 Å². The highest BCUT2D eigenvalue weighted by atomic mass is 19.2. The van der Waals surface area contributed by atoms with Crippen molar-refractivity contribution in [3.63, 3.8) is 0 Å². The Balaban J connectivity index is 2.34. The number of hydrogen-bond donors (Lipinski definition) is 1. The smallest absolute Gasteiger partial charge is 0.330 e. The summed E-state index contributed by atoms with van der Waals surface area (Å²) in [4.78, 5) is 12.0. The molecule has 0 spiro atoms. The Morgan fingerprint density at radius 3 is 2.74 bits per heavy atom. The minimum atomic E-state index is -1.37. The van der Waals surface area contributed by atoms with E-state index in [4.69, 9.17) is 4.74 Å². The summed E-state index contributed by atoms with van der Waals surface area (Å²) < 4.78 is 32.0. The third kappa shape index (κ3) is 2.76. The lowest BCUT2D eigenvalue weighted by atomic mass is 9.91. The maximum Gasteiger partial charge on any atom is 0.330 e. The van der Waals surface area contributed by atoms with E-state index >= 15 is 0 Å². The van der Waals surface area contributed by atoms with Gasteiger partial charge < -0.3 is 4.74 Å². The maximum atomic E-state index is 13.9. The molecule has 0 amide bonds. The number of nitrogens with one attached hydrogen (secondary N) is 1. The highest BCUT2D eigenvalue weighted by molar-refractivity contribution is 5.82. The molecule has 1 aromatic rings.